The minimum absolute atomic E-state index is 0.0250. The van der Waals surface area contributed by atoms with Crippen molar-refractivity contribution < 1.29 is 9.53 Å². The largest absolute Gasteiger partial charge is 0.385 e. The minimum Gasteiger partial charge on any atom is -0.385 e. The van der Waals surface area contributed by atoms with Gasteiger partial charge in [0.25, 0.3) is 5.91 Å². The Labute approximate surface area is 90.4 Å². The minimum atomic E-state index is -0.0250. The number of aryl methyl sites for hydroxylation is 1. The van der Waals surface area contributed by atoms with E-state index in [4.69, 9.17) is 4.74 Å². The lowest BCUT2D eigenvalue weighted by atomic mass is 10.0. The van der Waals surface area contributed by atoms with Crippen LogP contribution in [0.2, 0.25) is 0 Å². The zero-order chi connectivity index (χ0) is 11.1. The summed E-state index contributed by atoms with van der Waals surface area (Å²) in [7, 11) is 3.33. The third-order valence-electron chi connectivity index (χ3n) is 2.28. The van der Waals surface area contributed by atoms with E-state index in [1.807, 2.05) is 24.3 Å². The molecule has 0 spiro atoms. The van der Waals surface area contributed by atoms with Crippen molar-refractivity contribution in [2.45, 2.75) is 12.8 Å². The maximum Gasteiger partial charge on any atom is 0.251 e. The van der Waals surface area contributed by atoms with E-state index in [-0.39, 0.29) is 5.91 Å². The van der Waals surface area contributed by atoms with Gasteiger partial charge in [-0.3, -0.25) is 4.79 Å². The molecule has 1 N–H and O–H groups in total. The molecule has 15 heavy (non-hydrogen) atoms. The third kappa shape index (κ3) is 3.36. The molecule has 3 heteroatoms. The summed E-state index contributed by atoms with van der Waals surface area (Å²) in [6.45, 7) is 0.724. The van der Waals surface area contributed by atoms with Crippen molar-refractivity contribution in [3.05, 3.63) is 35.4 Å². The Kier molecular flexibility index (Phi) is 4.84. The molecule has 0 saturated heterocycles. The predicted octanol–water partition coefficient (Wildman–Crippen LogP) is 1.63. The highest BCUT2D eigenvalue weighted by Gasteiger charge is 2.07. The molecular formula is C12H17NO2. The van der Waals surface area contributed by atoms with E-state index in [9.17, 15) is 4.79 Å². The molecule has 0 heterocycles. The lowest BCUT2D eigenvalue weighted by Gasteiger charge is -2.07. The normalized spacial score (nSPS) is 10.0. The summed E-state index contributed by atoms with van der Waals surface area (Å²) in [6, 6.07) is 7.67. The number of hydrogen-bond acceptors (Lipinski definition) is 2. The van der Waals surface area contributed by atoms with Crippen molar-refractivity contribution in [3.8, 4) is 0 Å². The highest BCUT2D eigenvalue weighted by molar-refractivity contribution is 5.95. The maximum absolute atomic E-state index is 11.5. The first-order chi connectivity index (χ1) is 7.29. The molecule has 1 aromatic carbocycles. The van der Waals surface area contributed by atoms with Crippen LogP contribution in [-0.4, -0.2) is 26.7 Å². The first-order valence-corrected chi connectivity index (χ1v) is 5.08. The summed E-state index contributed by atoms with van der Waals surface area (Å²) >= 11 is 0. The molecule has 0 aliphatic carbocycles. The van der Waals surface area contributed by atoms with Gasteiger partial charge in [0.15, 0.2) is 0 Å². The van der Waals surface area contributed by atoms with Gasteiger partial charge in [-0.1, -0.05) is 18.2 Å². The third-order valence-corrected chi connectivity index (χ3v) is 2.28. The Bertz CT molecular complexity index is 323. The second-order valence-corrected chi connectivity index (χ2v) is 3.33. The van der Waals surface area contributed by atoms with Crippen LogP contribution in [0, 0.1) is 0 Å². The van der Waals surface area contributed by atoms with Gasteiger partial charge in [-0.25, -0.2) is 0 Å². The molecule has 0 fully saturated rings. The van der Waals surface area contributed by atoms with Gasteiger partial charge in [0.1, 0.15) is 0 Å². The van der Waals surface area contributed by atoms with Crippen molar-refractivity contribution in [3.63, 3.8) is 0 Å². The average Bonchev–Trinajstić information content (AvgIpc) is 2.29. The zero-order valence-corrected chi connectivity index (χ0v) is 9.25. The molecule has 0 atom stereocenters. The Morgan fingerprint density at radius 1 is 1.40 bits per heavy atom. The lowest BCUT2D eigenvalue weighted by molar-refractivity contribution is 0.0962. The van der Waals surface area contributed by atoms with E-state index in [2.05, 4.69) is 5.32 Å². The molecule has 0 aromatic heterocycles. The standard InChI is InChI=1S/C12H17NO2/c1-13-12(14)11-8-4-3-6-10(11)7-5-9-15-2/h3-4,6,8H,5,7,9H2,1-2H3,(H,13,14). The number of rotatable bonds is 5. The summed E-state index contributed by atoms with van der Waals surface area (Å²) in [6.07, 6.45) is 1.81. The molecule has 0 aliphatic heterocycles. The Balaban J connectivity index is 2.73. The zero-order valence-electron chi connectivity index (χ0n) is 9.25. The van der Waals surface area contributed by atoms with Crippen molar-refractivity contribution in [1.29, 1.82) is 0 Å². The van der Waals surface area contributed by atoms with Gasteiger partial charge < -0.3 is 10.1 Å². The molecule has 82 valence electrons. The van der Waals surface area contributed by atoms with Crippen LogP contribution in [0.4, 0.5) is 0 Å². The number of amides is 1. The lowest BCUT2D eigenvalue weighted by Crippen LogP contribution is -2.19. The quantitative estimate of drug-likeness (QED) is 0.745. The fourth-order valence-corrected chi connectivity index (χ4v) is 1.50. The van der Waals surface area contributed by atoms with Crippen LogP contribution in [0.1, 0.15) is 22.3 Å². The number of carbonyl (C=O) groups excluding carboxylic acids is 1. The predicted molar refractivity (Wildman–Crippen MR) is 60.0 cm³/mol. The Hall–Kier alpha value is -1.35. The van der Waals surface area contributed by atoms with Crippen LogP contribution in [-0.2, 0) is 11.2 Å². The molecule has 0 radical (unpaired) electrons. The van der Waals surface area contributed by atoms with Crippen molar-refractivity contribution >= 4 is 5.91 Å². The molecule has 0 unspecified atom stereocenters. The summed E-state index contributed by atoms with van der Waals surface area (Å²) in [5.74, 6) is -0.0250. The summed E-state index contributed by atoms with van der Waals surface area (Å²) in [4.78, 5) is 11.5. The van der Waals surface area contributed by atoms with E-state index >= 15 is 0 Å². The van der Waals surface area contributed by atoms with E-state index in [0.717, 1.165) is 30.6 Å². The smallest absolute Gasteiger partial charge is 0.251 e. The van der Waals surface area contributed by atoms with Gasteiger partial charge >= 0.3 is 0 Å². The number of benzene rings is 1. The van der Waals surface area contributed by atoms with Crippen molar-refractivity contribution in [1.82, 2.24) is 5.32 Å². The summed E-state index contributed by atoms with van der Waals surface area (Å²) in [5, 5.41) is 2.64. The molecule has 1 amide bonds. The van der Waals surface area contributed by atoms with Gasteiger partial charge in [-0.15, -0.1) is 0 Å². The Morgan fingerprint density at radius 2 is 2.13 bits per heavy atom. The number of carbonyl (C=O) groups is 1. The van der Waals surface area contributed by atoms with Gasteiger partial charge in [-0.2, -0.15) is 0 Å². The van der Waals surface area contributed by atoms with Crippen LogP contribution in [0.15, 0.2) is 24.3 Å². The molecule has 1 rings (SSSR count). The van der Waals surface area contributed by atoms with Crippen LogP contribution >= 0.6 is 0 Å². The maximum atomic E-state index is 11.5. The second kappa shape index (κ2) is 6.19. The second-order valence-electron chi connectivity index (χ2n) is 3.33. The molecule has 3 nitrogen and oxygen atoms in total. The van der Waals surface area contributed by atoms with Crippen LogP contribution in [0.3, 0.4) is 0 Å². The van der Waals surface area contributed by atoms with Crippen molar-refractivity contribution in [2.75, 3.05) is 20.8 Å². The molecule has 0 bridgehead atoms. The molecule has 0 saturated carbocycles. The highest BCUT2D eigenvalue weighted by Crippen LogP contribution is 2.10. The topological polar surface area (TPSA) is 38.3 Å². The first kappa shape index (κ1) is 11.7. The van der Waals surface area contributed by atoms with E-state index < -0.39 is 0 Å². The Morgan fingerprint density at radius 3 is 2.80 bits per heavy atom. The summed E-state index contributed by atoms with van der Waals surface area (Å²) < 4.78 is 4.99. The molecule has 1 aromatic rings. The van der Waals surface area contributed by atoms with Gasteiger partial charge in [0.2, 0.25) is 0 Å². The number of hydrogen-bond donors (Lipinski definition) is 1. The monoisotopic (exact) mass is 207 g/mol. The van der Waals surface area contributed by atoms with Gasteiger partial charge in [-0.05, 0) is 24.5 Å². The fraction of sp³-hybridized carbons (Fsp3) is 0.417. The van der Waals surface area contributed by atoms with E-state index in [0.29, 0.717) is 0 Å². The van der Waals surface area contributed by atoms with E-state index in [1.54, 1.807) is 14.2 Å². The van der Waals surface area contributed by atoms with E-state index in [1.165, 1.54) is 0 Å². The summed E-state index contributed by atoms with van der Waals surface area (Å²) in [5.41, 5.74) is 1.84. The average molecular weight is 207 g/mol. The van der Waals surface area contributed by atoms with Gasteiger partial charge in [0.05, 0.1) is 0 Å². The number of nitrogens with one attached hydrogen (secondary N) is 1. The van der Waals surface area contributed by atoms with Crippen LogP contribution in [0.25, 0.3) is 0 Å². The van der Waals surface area contributed by atoms with Gasteiger partial charge in [0, 0.05) is 26.3 Å². The number of methoxy groups -OCH3 is 1. The SMILES string of the molecule is CNC(=O)c1ccccc1CCCOC. The molecule has 0 aliphatic rings. The fourth-order valence-electron chi connectivity index (χ4n) is 1.50. The van der Waals surface area contributed by atoms with Crippen LogP contribution < -0.4 is 5.32 Å². The van der Waals surface area contributed by atoms with Crippen LogP contribution in [0.5, 0.6) is 0 Å². The molecular weight excluding hydrogens is 190 g/mol. The first-order valence-electron chi connectivity index (χ1n) is 5.08. The van der Waals surface area contributed by atoms with Crippen molar-refractivity contribution in [2.24, 2.45) is 0 Å². The highest BCUT2D eigenvalue weighted by atomic mass is 16.5. The number of ether oxygens (including phenoxy) is 1.